The van der Waals surface area contributed by atoms with E-state index in [1.54, 1.807) is 36.4 Å². The van der Waals surface area contributed by atoms with Crippen LogP contribution in [0.2, 0.25) is 5.02 Å². The Balaban J connectivity index is 1.76. The van der Waals surface area contributed by atoms with Gasteiger partial charge in [-0.25, -0.2) is 9.38 Å². The van der Waals surface area contributed by atoms with Crippen molar-refractivity contribution in [2.24, 2.45) is 4.99 Å². The zero-order valence-electron chi connectivity index (χ0n) is 15.0. The molecule has 0 saturated carbocycles. The van der Waals surface area contributed by atoms with Gasteiger partial charge < -0.3 is 14.5 Å². The maximum Gasteiger partial charge on any atom is 0.256 e. The van der Waals surface area contributed by atoms with E-state index in [2.05, 4.69) is 10.3 Å². The molecule has 1 aliphatic rings. The van der Waals surface area contributed by atoms with Gasteiger partial charge in [0, 0.05) is 23.6 Å². The molecule has 1 atom stereocenters. The van der Waals surface area contributed by atoms with Gasteiger partial charge in [0.25, 0.3) is 5.91 Å². The van der Waals surface area contributed by atoms with Crippen LogP contribution in [0.1, 0.15) is 23.2 Å². The van der Waals surface area contributed by atoms with Gasteiger partial charge in [-0.15, -0.1) is 0 Å². The minimum absolute atomic E-state index is 0.0133. The number of ether oxygens (including phenoxy) is 1. The lowest BCUT2D eigenvalue weighted by atomic mass is 10.1. The van der Waals surface area contributed by atoms with E-state index in [-0.39, 0.29) is 23.1 Å². The first-order valence-electron chi connectivity index (χ1n) is 9.02. The topological polar surface area (TPSA) is 63.8 Å². The van der Waals surface area contributed by atoms with Crippen LogP contribution in [0.4, 0.5) is 10.1 Å². The largest absolute Gasteiger partial charge is 0.438 e. The summed E-state index contributed by atoms with van der Waals surface area (Å²) >= 11 is 6.06. The highest BCUT2D eigenvalue weighted by atomic mass is 35.5. The molecule has 4 rings (SSSR count). The van der Waals surface area contributed by atoms with Crippen molar-refractivity contribution in [3.8, 4) is 0 Å². The van der Waals surface area contributed by atoms with Crippen LogP contribution in [0.25, 0.3) is 11.0 Å². The molecular formula is C21H18ClFN2O3. The predicted molar refractivity (Wildman–Crippen MR) is 104 cm³/mol. The Morgan fingerprint density at radius 3 is 2.93 bits per heavy atom. The molecule has 2 heterocycles. The highest BCUT2D eigenvalue weighted by molar-refractivity contribution is 6.31. The standard InChI is InChI=1S/C21H18ClFN2O3/c22-14-6-7-19-13(9-14)10-18(20(26)24-12-17-5-2-8-27-17)21(28-19)25-16-4-1-3-15(23)11-16/h1,3-4,6-7,9-11,17H,2,5,8,12H2,(H,24,26)/t17-/m0/s1. The molecule has 1 saturated heterocycles. The van der Waals surface area contributed by atoms with Crippen LogP contribution < -0.4 is 10.9 Å². The molecule has 1 N–H and O–H groups in total. The summed E-state index contributed by atoms with van der Waals surface area (Å²) in [6.07, 6.45) is 1.92. The lowest BCUT2D eigenvalue weighted by Crippen LogP contribution is -2.34. The highest BCUT2D eigenvalue weighted by Crippen LogP contribution is 2.20. The summed E-state index contributed by atoms with van der Waals surface area (Å²) in [6, 6.07) is 12.6. The van der Waals surface area contributed by atoms with Crippen molar-refractivity contribution in [2.45, 2.75) is 18.9 Å². The molecule has 0 spiro atoms. The van der Waals surface area contributed by atoms with Crippen LogP contribution in [0.3, 0.4) is 0 Å². The van der Waals surface area contributed by atoms with Gasteiger partial charge >= 0.3 is 0 Å². The minimum atomic E-state index is -0.418. The Morgan fingerprint density at radius 2 is 2.14 bits per heavy atom. The number of hydrogen-bond acceptors (Lipinski definition) is 4. The molecular weight excluding hydrogens is 383 g/mol. The first-order valence-corrected chi connectivity index (χ1v) is 9.40. The third-order valence-corrected chi connectivity index (χ3v) is 4.74. The smallest absolute Gasteiger partial charge is 0.256 e. The Kier molecular flexibility index (Phi) is 5.41. The lowest BCUT2D eigenvalue weighted by molar-refractivity contribution is 0.0854. The first kappa shape index (κ1) is 18.7. The van der Waals surface area contributed by atoms with Gasteiger partial charge in [-0.2, -0.15) is 0 Å². The van der Waals surface area contributed by atoms with Gasteiger partial charge in [0.2, 0.25) is 5.55 Å². The van der Waals surface area contributed by atoms with Crippen LogP contribution in [0.5, 0.6) is 0 Å². The number of fused-ring (bicyclic) bond motifs is 1. The maximum absolute atomic E-state index is 13.5. The van der Waals surface area contributed by atoms with Crippen molar-refractivity contribution in [1.29, 1.82) is 0 Å². The van der Waals surface area contributed by atoms with E-state index in [4.69, 9.17) is 20.8 Å². The molecule has 1 fully saturated rings. The fraction of sp³-hybridized carbons (Fsp3) is 0.238. The average molecular weight is 401 g/mol. The summed E-state index contributed by atoms with van der Waals surface area (Å²) in [6.45, 7) is 1.12. The normalized spacial score (nSPS) is 17.2. The third kappa shape index (κ3) is 4.24. The van der Waals surface area contributed by atoms with Crippen LogP contribution in [-0.2, 0) is 4.74 Å². The van der Waals surface area contributed by atoms with E-state index < -0.39 is 5.82 Å². The van der Waals surface area contributed by atoms with Gasteiger partial charge in [-0.3, -0.25) is 4.79 Å². The van der Waals surface area contributed by atoms with E-state index in [9.17, 15) is 9.18 Å². The molecule has 1 amide bonds. The number of hydrogen-bond donors (Lipinski definition) is 1. The maximum atomic E-state index is 13.5. The Labute approximate surface area is 165 Å². The number of carbonyl (C=O) groups excluding carboxylic acids is 1. The second-order valence-corrected chi connectivity index (χ2v) is 7.02. The molecule has 1 aromatic heterocycles. The van der Waals surface area contributed by atoms with Gasteiger partial charge in [-0.05, 0) is 55.3 Å². The van der Waals surface area contributed by atoms with Crippen molar-refractivity contribution in [1.82, 2.24) is 5.32 Å². The molecule has 0 unspecified atom stereocenters. The number of nitrogens with one attached hydrogen (secondary N) is 1. The summed E-state index contributed by atoms with van der Waals surface area (Å²) in [5, 5.41) is 4.07. The van der Waals surface area contributed by atoms with Gasteiger partial charge in [0.05, 0.1) is 11.8 Å². The molecule has 1 aliphatic heterocycles. The Bertz CT molecular complexity index is 1090. The molecule has 0 aliphatic carbocycles. The Morgan fingerprint density at radius 1 is 1.25 bits per heavy atom. The van der Waals surface area contributed by atoms with E-state index >= 15 is 0 Å². The fourth-order valence-corrected chi connectivity index (χ4v) is 3.30. The molecule has 2 aromatic carbocycles. The van der Waals surface area contributed by atoms with Crippen molar-refractivity contribution in [3.63, 3.8) is 0 Å². The highest BCUT2D eigenvalue weighted by Gasteiger charge is 2.18. The molecule has 0 bridgehead atoms. The molecule has 5 nitrogen and oxygen atoms in total. The summed E-state index contributed by atoms with van der Waals surface area (Å²) < 4.78 is 24.9. The lowest BCUT2D eigenvalue weighted by Gasteiger charge is -2.11. The number of rotatable bonds is 4. The monoisotopic (exact) mass is 400 g/mol. The van der Waals surface area contributed by atoms with E-state index in [1.807, 2.05) is 0 Å². The van der Waals surface area contributed by atoms with E-state index in [0.717, 1.165) is 12.8 Å². The molecule has 3 aromatic rings. The summed E-state index contributed by atoms with van der Waals surface area (Å²) in [7, 11) is 0. The molecule has 28 heavy (non-hydrogen) atoms. The van der Waals surface area contributed by atoms with Gasteiger partial charge in [0.15, 0.2) is 0 Å². The number of halogens is 2. The fourth-order valence-electron chi connectivity index (χ4n) is 3.12. The SMILES string of the molecule is O=C(NC[C@@H]1CCCO1)c1cc2cc(Cl)ccc2oc1=Nc1cccc(F)c1. The second kappa shape index (κ2) is 8.12. The average Bonchev–Trinajstić information content (AvgIpc) is 3.19. The van der Waals surface area contributed by atoms with Gasteiger partial charge in [-0.1, -0.05) is 17.7 Å². The van der Waals surface area contributed by atoms with Crippen molar-refractivity contribution < 1.29 is 18.3 Å². The third-order valence-electron chi connectivity index (χ3n) is 4.51. The number of amides is 1. The van der Waals surface area contributed by atoms with Crippen molar-refractivity contribution in [3.05, 3.63) is 70.5 Å². The van der Waals surface area contributed by atoms with Gasteiger partial charge in [0.1, 0.15) is 17.0 Å². The second-order valence-electron chi connectivity index (χ2n) is 6.58. The molecule has 0 radical (unpaired) electrons. The van der Waals surface area contributed by atoms with Crippen molar-refractivity contribution in [2.75, 3.05) is 13.2 Å². The van der Waals surface area contributed by atoms with E-state index in [1.165, 1.54) is 12.1 Å². The van der Waals surface area contributed by atoms with Crippen LogP contribution in [0.15, 0.2) is 57.9 Å². The predicted octanol–water partition coefficient (Wildman–Crippen LogP) is 4.37. The first-order chi connectivity index (χ1) is 13.6. The molecule has 7 heteroatoms. The summed E-state index contributed by atoms with van der Waals surface area (Å²) in [5.74, 6) is -0.755. The van der Waals surface area contributed by atoms with Crippen molar-refractivity contribution >= 4 is 34.2 Å². The van der Waals surface area contributed by atoms with Crippen LogP contribution >= 0.6 is 11.6 Å². The zero-order valence-corrected chi connectivity index (χ0v) is 15.7. The summed E-state index contributed by atoms with van der Waals surface area (Å²) in [5.41, 5.74) is 1.22. The minimum Gasteiger partial charge on any atom is -0.438 e. The molecule has 144 valence electrons. The van der Waals surface area contributed by atoms with Crippen LogP contribution in [0, 0.1) is 5.82 Å². The number of nitrogens with zero attached hydrogens (tertiary/aromatic N) is 1. The summed E-state index contributed by atoms with van der Waals surface area (Å²) in [4.78, 5) is 17.2. The van der Waals surface area contributed by atoms with E-state index in [0.29, 0.717) is 34.8 Å². The number of benzene rings is 2. The zero-order chi connectivity index (χ0) is 19.5. The quantitative estimate of drug-likeness (QED) is 0.707. The number of carbonyl (C=O) groups is 1. The Hall–Kier alpha value is -2.70. The van der Waals surface area contributed by atoms with Crippen LogP contribution in [-0.4, -0.2) is 25.2 Å².